The Labute approximate surface area is 74.4 Å². The van der Waals surface area contributed by atoms with E-state index >= 15 is 0 Å². The van der Waals surface area contributed by atoms with E-state index < -0.39 is 17.2 Å². The van der Waals surface area contributed by atoms with Crippen LogP contribution in [-0.2, 0) is 11.3 Å². The molecule has 1 rings (SSSR count). The summed E-state index contributed by atoms with van der Waals surface area (Å²) in [6.45, 7) is 0.0286. The molecule has 0 radical (unpaired) electrons. The first-order valence-electron chi connectivity index (χ1n) is 3.56. The van der Waals surface area contributed by atoms with Crippen molar-refractivity contribution in [2.45, 2.75) is 6.61 Å². The average Bonchev–Trinajstić information content (AvgIpc) is 2.11. The zero-order valence-corrected chi connectivity index (χ0v) is 6.97. The Morgan fingerprint density at radius 2 is 2.15 bits per heavy atom. The third kappa shape index (κ3) is 1.82. The van der Waals surface area contributed by atoms with Gasteiger partial charge in [0.25, 0.3) is 0 Å². The first-order chi connectivity index (χ1) is 6.20. The fourth-order valence-electron chi connectivity index (χ4n) is 0.965. The first-order valence-corrected chi connectivity index (χ1v) is 3.56. The second-order valence-electron chi connectivity index (χ2n) is 2.44. The standard InChI is InChI=1S/C9H7F2NO/c1-13-5-6-2-3-8(10)7(4-12)9(6)11/h2-3H,5H2,1H3. The van der Waals surface area contributed by atoms with E-state index in [0.717, 1.165) is 6.07 Å². The summed E-state index contributed by atoms with van der Waals surface area (Å²) in [6, 6.07) is 3.77. The van der Waals surface area contributed by atoms with Crippen LogP contribution in [0.2, 0.25) is 0 Å². The summed E-state index contributed by atoms with van der Waals surface area (Å²) in [5.74, 6) is -1.69. The highest BCUT2D eigenvalue weighted by atomic mass is 19.1. The minimum absolute atomic E-state index is 0.0286. The third-order valence-electron chi connectivity index (χ3n) is 1.58. The molecule has 2 nitrogen and oxygen atoms in total. The van der Waals surface area contributed by atoms with Crippen molar-refractivity contribution >= 4 is 0 Å². The number of nitrogens with zero attached hydrogens (tertiary/aromatic N) is 1. The fraction of sp³-hybridized carbons (Fsp3) is 0.222. The van der Waals surface area contributed by atoms with Gasteiger partial charge in [0, 0.05) is 12.7 Å². The number of nitriles is 1. The molecule has 0 aromatic heterocycles. The Bertz CT molecular complexity index is 357. The first kappa shape index (κ1) is 9.62. The van der Waals surface area contributed by atoms with E-state index in [-0.39, 0.29) is 12.2 Å². The van der Waals surface area contributed by atoms with Gasteiger partial charge in [-0.25, -0.2) is 8.78 Å². The Kier molecular flexibility index (Phi) is 2.93. The van der Waals surface area contributed by atoms with Crippen molar-refractivity contribution in [3.8, 4) is 6.07 Å². The monoisotopic (exact) mass is 183 g/mol. The van der Waals surface area contributed by atoms with Crippen molar-refractivity contribution in [3.05, 3.63) is 34.9 Å². The minimum atomic E-state index is -0.847. The number of ether oxygens (including phenoxy) is 1. The van der Waals surface area contributed by atoms with Crippen LogP contribution < -0.4 is 0 Å². The molecule has 0 aliphatic carbocycles. The topological polar surface area (TPSA) is 33.0 Å². The lowest BCUT2D eigenvalue weighted by atomic mass is 10.1. The van der Waals surface area contributed by atoms with Crippen molar-refractivity contribution < 1.29 is 13.5 Å². The fourth-order valence-corrected chi connectivity index (χ4v) is 0.965. The van der Waals surface area contributed by atoms with E-state index in [1.54, 1.807) is 0 Å². The maximum Gasteiger partial charge on any atom is 0.149 e. The molecule has 1 aromatic carbocycles. The van der Waals surface area contributed by atoms with Gasteiger partial charge in [-0.2, -0.15) is 5.26 Å². The molecule has 0 saturated carbocycles. The van der Waals surface area contributed by atoms with Crippen molar-refractivity contribution in [3.63, 3.8) is 0 Å². The molecule has 0 unspecified atom stereocenters. The molecule has 0 amide bonds. The highest BCUT2D eigenvalue weighted by Crippen LogP contribution is 2.16. The summed E-state index contributed by atoms with van der Waals surface area (Å²) in [6.07, 6.45) is 0. The van der Waals surface area contributed by atoms with E-state index in [4.69, 9.17) is 5.26 Å². The molecule has 0 fully saturated rings. The summed E-state index contributed by atoms with van der Waals surface area (Å²) in [5, 5.41) is 8.42. The zero-order valence-electron chi connectivity index (χ0n) is 6.97. The van der Waals surface area contributed by atoms with Gasteiger partial charge in [-0.3, -0.25) is 0 Å². The molecule has 0 atom stereocenters. The Balaban J connectivity index is 3.21. The highest BCUT2D eigenvalue weighted by Gasteiger charge is 2.12. The van der Waals surface area contributed by atoms with Gasteiger partial charge in [-0.05, 0) is 6.07 Å². The molecule has 0 heterocycles. The summed E-state index contributed by atoms with van der Waals surface area (Å²) < 4.78 is 30.6. The van der Waals surface area contributed by atoms with E-state index in [2.05, 4.69) is 4.74 Å². The van der Waals surface area contributed by atoms with Gasteiger partial charge in [0.05, 0.1) is 6.61 Å². The smallest absolute Gasteiger partial charge is 0.149 e. The Morgan fingerprint density at radius 3 is 2.69 bits per heavy atom. The highest BCUT2D eigenvalue weighted by molar-refractivity contribution is 5.36. The van der Waals surface area contributed by atoms with Crippen molar-refractivity contribution in [1.82, 2.24) is 0 Å². The molecule has 0 saturated heterocycles. The summed E-state index contributed by atoms with van der Waals surface area (Å²) in [7, 11) is 1.40. The van der Waals surface area contributed by atoms with E-state index in [1.165, 1.54) is 19.2 Å². The number of halogens is 2. The minimum Gasteiger partial charge on any atom is -0.380 e. The van der Waals surface area contributed by atoms with Gasteiger partial charge in [0.15, 0.2) is 0 Å². The number of hydrogen-bond acceptors (Lipinski definition) is 2. The predicted molar refractivity (Wildman–Crippen MR) is 41.8 cm³/mol. The van der Waals surface area contributed by atoms with Crippen LogP contribution in [0.4, 0.5) is 8.78 Å². The van der Waals surface area contributed by atoms with Crippen LogP contribution in [0, 0.1) is 23.0 Å². The van der Waals surface area contributed by atoms with E-state index in [0.29, 0.717) is 0 Å². The maximum atomic E-state index is 13.2. The molecule has 0 aliphatic rings. The van der Waals surface area contributed by atoms with Gasteiger partial charge in [0.2, 0.25) is 0 Å². The predicted octanol–water partition coefficient (Wildman–Crippen LogP) is 1.98. The molecule has 0 N–H and O–H groups in total. The van der Waals surface area contributed by atoms with Crippen LogP contribution in [0.15, 0.2) is 12.1 Å². The summed E-state index contributed by atoms with van der Waals surface area (Å²) >= 11 is 0. The number of rotatable bonds is 2. The lowest BCUT2D eigenvalue weighted by Gasteiger charge is -2.03. The maximum absolute atomic E-state index is 13.2. The molecule has 13 heavy (non-hydrogen) atoms. The second kappa shape index (κ2) is 3.97. The van der Waals surface area contributed by atoms with Gasteiger partial charge in [-0.15, -0.1) is 0 Å². The molecular formula is C9H7F2NO. The van der Waals surface area contributed by atoms with Crippen LogP contribution in [0.25, 0.3) is 0 Å². The van der Waals surface area contributed by atoms with Gasteiger partial charge in [0.1, 0.15) is 23.3 Å². The summed E-state index contributed by atoms with van der Waals surface area (Å²) in [4.78, 5) is 0. The van der Waals surface area contributed by atoms with Gasteiger partial charge >= 0.3 is 0 Å². The molecule has 4 heteroatoms. The number of benzene rings is 1. The zero-order chi connectivity index (χ0) is 9.84. The SMILES string of the molecule is COCc1ccc(F)c(C#N)c1F. The lowest BCUT2D eigenvalue weighted by Crippen LogP contribution is -1.98. The average molecular weight is 183 g/mol. The van der Waals surface area contributed by atoms with Crippen LogP contribution >= 0.6 is 0 Å². The molecular weight excluding hydrogens is 176 g/mol. The summed E-state index contributed by atoms with van der Waals surface area (Å²) in [5.41, 5.74) is -0.380. The van der Waals surface area contributed by atoms with Gasteiger partial charge in [-0.1, -0.05) is 6.07 Å². The molecule has 1 aromatic rings. The van der Waals surface area contributed by atoms with E-state index in [9.17, 15) is 8.78 Å². The van der Waals surface area contributed by atoms with Crippen molar-refractivity contribution in [2.24, 2.45) is 0 Å². The lowest BCUT2D eigenvalue weighted by molar-refractivity contribution is 0.181. The van der Waals surface area contributed by atoms with Crippen LogP contribution in [0.5, 0.6) is 0 Å². The van der Waals surface area contributed by atoms with Crippen LogP contribution in [0.1, 0.15) is 11.1 Å². The largest absolute Gasteiger partial charge is 0.380 e. The number of methoxy groups -OCH3 is 1. The quantitative estimate of drug-likeness (QED) is 0.702. The van der Waals surface area contributed by atoms with Crippen molar-refractivity contribution in [2.75, 3.05) is 7.11 Å². The number of hydrogen-bond donors (Lipinski definition) is 0. The molecule has 0 bridgehead atoms. The molecule has 0 spiro atoms. The van der Waals surface area contributed by atoms with E-state index in [1.807, 2.05) is 0 Å². The Hall–Kier alpha value is -1.47. The Morgan fingerprint density at radius 1 is 1.46 bits per heavy atom. The second-order valence-corrected chi connectivity index (χ2v) is 2.44. The third-order valence-corrected chi connectivity index (χ3v) is 1.58. The normalized spacial score (nSPS) is 9.69. The van der Waals surface area contributed by atoms with Gasteiger partial charge < -0.3 is 4.74 Å². The van der Waals surface area contributed by atoms with Crippen LogP contribution in [0.3, 0.4) is 0 Å². The molecule has 68 valence electrons. The molecule has 0 aliphatic heterocycles. The van der Waals surface area contributed by atoms with Crippen molar-refractivity contribution in [1.29, 1.82) is 5.26 Å². The van der Waals surface area contributed by atoms with Crippen LogP contribution in [-0.4, -0.2) is 7.11 Å².